The third-order valence-corrected chi connectivity index (χ3v) is 2.18. The van der Waals surface area contributed by atoms with Gasteiger partial charge in [0.2, 0.25) is 0 Å². The average Bonchev–Trinajstić information content (AvgIpc) is 2.29. The van der Waals surface area contributed by atoms with Crippen molar-refractivity contribution in [1.82, 2.24) is 4.98 Å². The van der Waals surface area contributed by atoms with E-state index in [1.54, 1.807) is 0 Å². The molecule has 2 rings (SSSR count). The van der Waals surface area contributed by atoms with Crippen LogP contribution in [0.15, 0.2) is 36.4 Å². The van der Waals surface area contributed by atoms with Gasteiger partial charge in [0.05, 0.1) is 16.7 Å². The first-order chi connectivity index (χ1) is 8.06. The number of hydrogen-bond acceptors (Lipinski definition) is 4. The molecule has 0 bridgehead atoms. The lowest BCUT2D eigenvalue weighted by molar-refractivity contribution is -0.384. The summed E-state index contributed by atoms with van der Waals surface area (Å²) in [5.74, 6) is -0.328. The molecular weight excluding hydrogens is 225 g/mol. The molecule has 0 aliphatic carbocycles. The first-order valence-corrected chi connectivity index (χ1v) is 4.74. The number of rotatable bonds is 2. The predicted molar refractivity (Wildman–Crippen MR) is 60.7 cm³/mol. The number of nitrogens with zero attached hydrogens (tertiary/aromatic N) is 2. The van der Waals surface area contributed by atoms with E-state index in [4.69, 9.17) is 5.73 Å². The summed E-state index contributed by atoms with van der Waals surface area (Å²) in [4.78, 5) is 14.1. The minimum absolute atomic E-state index is 0.0542. The highest BCUT2D eigenvalue weighted by atomic mass is 19.1. The van der Waals surface area contributed by atoms with E-state index in [-0.39, 0.29) is 17.3 Å². The molecule has 0 fully saturated rings. The van der Waals surface area contributed by atoms with Gasteiger partial charge < -0.3 is 5.73 Å². The Labute approximate surface area is 95.9 Å². The van der Waals surface area contributed by atoms with E-state index in [2.05, 4.69) is 4.98 Å². The van der Waals surface area contributed by atoms with E-state index in [0.717, 1.165) is 0 Å². The van der Waals surface area contributed by atoms with Crippen molar-refractivity contribution in [3.63, 3.8) is 0 Å². The molecule has 0 atom stereocenters. The molecule has 2 aromatic rings. The molecule has 6 heteroatoms. The van der Waals surface area contributed by atoms with Crippen molar-refractivity contribution in [2.45, 2.75) is 0 Å². The van der Waals surface area contributed by atoms with Gasteiger partial charge >= 0.3 is 0 Å². The van der Waals surface area contributed by atoms with E-state index in [0.29, 0.717) is 11.3 Å². The van der Waals surface area contributed by atoms with Gasteiger partial charge in [-0.1, -0.05) is 0 Å². The van der Waals surface area contributed by atoms with E-state index < -0.39 is 4.92 Å². The number of anilines is 1. The topological polar surface area (TPSA) is 82.0 Å². The molecule has 0 aliphatic heterocycles. The Hall–Kier alpha value is -2.50. The maximum Gasteiger partial charge on any atom is 0.275 e. The highest BCUT2D eigenvalue weighted by Gasteiger charge is 2.11. The molecule has 2 N–H and O–H groups in total. The number of aromatic nitrogens is 1. The van der Waals surface area contributed by atoms with Crippen LogP contribution in [-0.2, 0) is 0 Å². The van der Waals surface area contributed by atoms with Gasteiger partial charge in [-0.3, -0.25) is 10.1 Å². The summed E-state index contributed by atoms with van der Waals surface area (Å²) >= 11 is 0. The normalized spacial score (nSPS) is 10.2. The molecule has 5 nitrogen and oxygen atoms in total. The summed E-state index contributed by atoms with van der Waals surface area (Å²) in [5, 5.41) is 10.7. The maximum absolute atomic E-state index is 12.7. The van der Waals surface area contributed by atoms with Crippen LogP contribution in [0.2, 0.25) is 0 Å². The fraction of sp³-hybridized carbons (Fsp3) is 0. The first kappa shape index (κ1) is 11.0. The smallest absolute Gasteiger partial charge is 0.275 e. The number of nitrogen functional groups attached to an aromatic ring is 1. The molecule has 0 unspecified atom stereocenters. The molecule has 1 aromatic carbocycles. The second kappa shape index (κ2) is 4.17. The lowest BCUT2D eigenvalue weighted by Gasteiger charge is -2.02. The van der Waals surface area contributed by atoms with Gasteiger partial charge in [0, 0.05) is 11.6 Å². The second-order valence-corrected chi connectivity index (χ2v) is 3.40. The molecule has 0 saturated carbocycles. The third-order valence-electron chi connectivity index (χ3n) is 2.18. The SMILES string of the molecule is Nc1cc([N+](=O)[O-])cc(-c2ccc(F)cc2)n1. The zero-order valence-corrected chi connectivity index (χ0v) is 8.63. The van der Waals surface area contributed by atoms with Crippen molar-refractivity contribution < 1.29 is 9.31 Å². The number of benzene rings is 1. The molecule has 0 aliphatic rings. The van der Waals surface area contributed by atoms with Gasteiger partial charge in [-0.2, -0.15) is 0 Å². The van der Waals surface area contributed by atoms with Crippen molar-refractivity contribution >= 4 is 11.5 Å². The summed E-state index contributed by atoms with van der Waals surface area (Å²) in [5.41, 5.74) is 6.25. The van der Waals surface area contributed by atoms with Gasteiger partial charge in [0.25, 0.3) is 5.69 Å². The zero-order valence-electron chi connectivity index (χ0n) is 8.63. The van der Waals surface area contributed by atoms with Gasteiger partial charge in [-0.15, -0.1) is 0 Å². The lowest BCUT2D eigenvalue weighted by atomic mass is 10.1. The predicted octanol–water partition coefficient (Wildman–Crippen LogP) is 2.38. The van der Waals surface area contributed by atoms with Crippen molar-refractivity contribution in [3.05, 3.63) is 52.3 Å². The quantitative estimate of drug-likeness (QED) is 0.637. The Morgan fingerprint density at radius 2 is 1.88 bits per heavy atom. The summed E-state index contributed by atoms with van der Waals surface area (Å²) in [6.07, 6.45) is 0. The number of nitrogens with two attached hydrogens (primary N) is 1. The molecule has 1 heterocycles. The van der Waals surface area contributed by atoms with Crippen LogP contribution in [0.5, 0.6) is 0 Å². The highest BCUT2D eigenvalue weighted by molar-refractivity contribution is 5.64. The van der Waals surface area contributed by atoms with Gasteiger partial charge in [0.1, 0.15) is 11.6 Å². The monoisotopic (exact) mass is 233 g/mol. The fourth-order valence-corrected chi connectivity index (χ4v) is 1.41. The van der Waals surface area contributed by atoms with Gasteiger partial charge in [-0.05, 0) is 24.3 Å². The third kappa shape index (κ3) is 2.36. The summed E-state index contributed by atoms with van der Waals surface area (Å²) < 4.78 is 12.7. The highest BCUT2D eigenvalue weighted by Crippen LogP contribution is 2.24. The Morgan fingerprint density at radius 1 is 1.24 bits per heavy atom. The standard InChI is InChI=1S/C11H8FN3O2/c12-8-3-1-7(2-4-8)10-5-9(15(16)17)6-11(13)14-10/h1-6H,(H2,13,14). The molecular formula is C11H8FN3O2. The van der Waals surface area contributed by atoms with E-state index in [1.165, 1.54) is 36.4 Å². The minimum Gasteiger partial charge on any atom is -0.383 e. The second-order valence-electron chi connectivity index (χ2n) is 3.40. The molecule has 0 amide bonds. The van der Waals surface area contributed by atoms with Crippen molar-refractivity contribution in [3.8, 4) is 11.3 Å². The first-order valence-electron chi connectivity index (χ1n) is 4.74. The van der Waals surface area contributed by atoms with Crippen molar-refractivity contribution in [2.24, 2.45) is 0 Å². The number of pyridine rings is 1. The van der Waals surface area contributed by atoms with Gasteiger partial charge in [-0.25, -0.2) is 9.37 Å². The fourth-order valence-electron chi connectivity index (χ4n) is 1.41. The Balaban J connectivity index is 2.51. The van der Waals surface area contributed by atoms with Crippen LogP contribution in [0.3, 0.4) is 0 Å². The molecule has 0 radical (unpaired) electrons. The number of halogens is 1. The van der Waals surface area contributed by atoms with Crippen molar-refractivity contribution in [1.29, 1.82) is 0 Å². The molecule has 0 saturated heterocycles. The Kier molecular flexibility index (Phi) is 2.70. The molecule has 1 aromatic heterocycles. The lowest BCUT2D eigenvalue weighted by Crippen LogP contribution is -1.96. The summed E-state index contributed by atoms with van der Waals surface area (Å²) in [6.45, 7) is 0. The van der Waals surface area contributed by atoms with Crippen molar-refractivity contribution in [2.75, 3.05) is 5.73 Å². The van der Waals surface area contributed by atoms with E-state index in [9.17, 15) is 14.5 Å². The summed E-state index contributed by atoms with van der Waals surface area (Å²) in [7, 11) is 0. The van der Waals surface area contributed by atoms with Crippen LogP contribution in [0.1, 0.15) is 0 Å². The van der Waals surface area contributed by atoms with Crippen LogP contribution in [0.4, 0.5) is 15.9 Å². The maximum atomic E-state index is 12.7. The number of nitro groups is 1. The minimum atomic E-state index is -0.551. The molecule has 0 spiro atoms. The zero-order chi connectivity index (χ0) is 12.4. The molecule has 86 valence electrons. The van der Waals surface area contributed by atoms with Crippen LogP contribution >= 0.6 is 0 Å². The molecule has 17 heavy (non-hydrogen) atoms. The number of hydrogen-bond donors (Lipinski definition) is 1. The average molecular weight is 233 g/mol. The largest absolute Gasteiger partial charge is 0.383 e. The van der Waals surface area contributed by atoms with Crippen LogP contribution in [-0.4, -0.2) is 9.91 Å². The van der Waals surface area contributed by atoms with E-state index >= 15 is 0 Å². The van der Waals surface area contributed by atoms with Crippen LogP contribution in [0, 0.1) is 15.9 Å². The van der Waals surface area contributed by atoms with Crippen LogP contribution < -0.4 is 5.73 Å². The van der Waals surface area contributed by atoms with Crippen LogP contribution in [0.25, 0.3) is 11.3 Å². The Bertz CT molecular complexity index is 569. The Morgan fingerprint density at radius 3 is 2.47 bits per heavy atom. The summed E-state index contributed by atoms with van der Waals surface area (Å²) in [6, 6.07) is 7.95. The van der Waals surface area contributed by atoms with Gasteiger partial charge in [0.15, 0.2) is 0 Å². The van der Waals surface area contributed by atoms with E-state index in [1.807, 2.05) is 0 Å².